The first kappa shape index (κ1) is 22.8. The lowest BCUT2D eigenvalue weighted by atomic mass is 10.2. The number of benzene rings is 2. The van der Waals surface area contributed by atoms with Gasteiger partial charge in [0.15, 0.2) is 5.16 Å². The number of rotatable bonds is 8. The molecule has 0 fully saturated rings. The van der Waals surface area contributed by atoms with Crippen LogP contribution in [0.1, 0.15) is 5.56 Å². The second-order valence-electron chi connectivity index (χ2n) is 6.99. The van der Waals surface area contributed by atoms with Crippen molar-refractivity contribution in [3.8, 4) is 11.5 Å². The molecule has 7 nitrogen and oxygen atoms in total. The van der Waals surface area contributed by atoms with E-state index in [1.807, 2.05) is 0 Å². The second kappa shape index (κ2) is 10.1. The minimum Gasteiger partial charge on any atom is -0.497 e. The molecule has 0 bridgehead atoms. The number of thiophene rings is 1. The minimum absolute atomic E-state index is 0.0328. The smallest absolute Gasteiger partial charge is 0.272 e. The number of anilines is 1. The summed E-state index contributed by atoms with van der Waals surface area (Å²) in [5.74, 6) is 0.511. The van der Waals surface area contributed by atoms with E-state index in [0.29, 0.717) is 32.6 Å². The van der Waals surface area contributed by atoms with E-state index in [1.165, 1.54) is 42.3 Å². The third-order valence-corrected chi connectivity index (χ3v) is 6.62. The molecule has 33 heavy (non-hydrogen) atoms. The Labute approximate surface area is 197 Å². The Balaban J connectivity index is 1.56. The summed E-state index contributed by atoms with van der Waals surface area (Å²) in [6.07, 6.45) is 0. The van der Waals surface area contributed by atoms with E-state index in [9.17, 15) is 14.0 Å². The monoisotopic (exact) mass is 485 g/mol. The Morgan fingerprint density at radius 1 is 1.12 bits per heavy atom. The van der Waals surface area contributed by atoms with E-state index in [1.54, 1.807) is 41.8 Å². The molecular weight excluding hydrogens is 465 g/mol. The molecule has 0 aliphatic heterocycles. The molecule has 0 aliphatic carbocycles. The number of nitrogens with zero attached hydrogens (tertiary/aromatic N) is 2. The summed E-state index contributed by atoms with van der Waals surface area (Å²) in [5, 5.41) is 5.02. The number of hydrogen-bond donors (Lipinski definition) is 1. The van der Waals surface area contributed by atoms with Gasteiger partial charge in [-0.2, -0.15) is 0 Å². The summed E-state index contributed by atoms with van der Waals surface area (Å²) < 4.78 is 25.8. The summed E-state index contributed by atoms with van der Waals surface area (Å²) in [6.45, 7) is 0.219. The van der Waals surface area contributed by atoms with Crippen LogP contribution in [-0.4, -0.2) is 35.4 Å². The Morgan fingerprint density at radius 2 is 1.82 bits per heavy atom. The zero-order chi connectivity index (χ0) is 23.4. The van der Waals surface area contributed by atoms with E-state index in [2.05, 4.69) is 10.3 Å². The fourth-order valence-corrected chi connectivity index (χ4v) is 4.73. The van der Waals surface area contributed by atoms with Crippen molar-refractivity contribution in [2.24, 2.45) is 0 Å². The van der Waals surface area contributed by atoms with Crippen LogP contribution in [0.25, 0.3) is 10.2 Å². The normalized spacial score (nSPS) is 10.9. The molecule has 0 radical (unpaired) electrons. The fourth-order valence-electron chi connectivity index (χ4n) is 3.15. The Kier molecular flexibility index (Phi) is 6.95. The number of aromatic nitrogens is 2. The number of fused-ring (bicyclic) bond motifs is 1. The van der Waals surface area contributed by atoms with Crippen LogP contribution in [0.5, 0.6) is 11.5 Å². The molecule has 0 saturated heterocycles. The van der Waals surface area contributed by atoms with Crippen LogP contribution in [0.15, 0.2) is 63.9 Å². The third-order valence-electron chi connectivity index (χ3n) is 4.75. The standard InChI is InChI=1S/C23H20FN3O4S2/c1-30-17-9-16(10-18(11-17)31-2)25-20(28)13-33-23-26-19-7-8-32-21(19)22(29)27(23)12-14-3-5-15(24)6-4-14/h3-11H,12-13H2,1-2H3,(H,25,28). The lowest BCUT2D eigenvalue weighted by Crippen LogP contribution is -2.24. The summed E-state index contributed by atoms with van der Waals surface area (Å²) >= 11 is 2.47. The molecule has 10 heteroatoms. The van der Waals surface area contributed by atoms with Gasteiger partial charge in [0.1, 0.15) is 22.0 Å². The number of amides is 1. The Bertz CT molecular complexity index is 1330. The average Bonchev–Trinajstić information content (AvgIpc) is 3.29. The molecule has 4 aromatic rings. The van der Waals surface area contributed by atoms with Crippen molar-refractivity contribution in [2.45, 2.75) is 11.7 Å². The molecule has 2 aromatic carbocycles. The molecule has 0 atom stereocenters. The van der Waals surface area contributed by atoms with E-state index in [-0.39, 0.29) is 29.6 Å². The van der Waals surface area contributed by atoms with Gasteiger partial charge in [0, 0.05) is 23.9 Å². The van der Waals surface area contributed by atoms with Gasteiger partial charge in [0.05, 0.1) is 32.0 Å². The van der Waals surface area contributed by atoms with Gasteiger partial charge in [0.2, 0.25) is 5.91 Å². The first-order chi connectivity index (χ1) is 16.0. The fraction of sp³-hybridized carbons (Fsp3) is 0.174. The molecule has 2 aromatic heterocycles. The Morgan fingerprint density at radius 3 is 2.48 bits per heavy atom. The predicted octanol–water partition coefficient (Wildman–Crippen LogP) is 4.39. The predicted molar refractivity (Wildman–Crippen MR) is 128 cm³/mol. The van der Waals surface area contributed by atoms with Gasteiger partial charge in [-0.15, -0.1) is 11.3 Å². The van der Waals surface area contributed by atoms with Gasteiger partial charge in [-0.05, 0) is 29.1 Å². The van der Waals surface area contributed by atoms with Crippen LogP contribution in [-0.2, 0) is 11.3 Å². The Hall–Kier alpha value is -3.37. The lowest BCUT2D eigenvalue weighted by Gasteiger charge is -2.13. The third kappa shape index (κ3) is 5.35. The maximum Gasteiger partial charge on any atom is 0.272 e. The van der Waals surface area contributed by atoms with Crippen LogP contribution in [0.3, 0.4) is 0 Å². The molecule has 170 valence electrons. The number of carbonyl (C=O) groups excluding carboxylic acids is 1. The second-order valence-corrected chi connectivity index (χ2v) is 8.84. The zero-order valence-electron chi connectivity index (χ0n) is 17.8. The first-order valence-electron chi connectivity index (χ1n) is 9.85. The highest BCUT2D eigenvalue weighted by atomic mass is 32.2. The number of hydrogen-bond acceptors (Lipinski definition) is 7. The average molecular weight is 486 g/mol. The maximum atomic E-state index is 13.3. The van der Waals surface area contributed by atoms with Crippen molar-refractivity contribution >= 4 is 44.9 Å². The molecule has 2 heterocycles. The summed E-state index contributed by atoms with van der Waals surface area (Å²) in [4.78, 5) is 30.3. The van der Waals surface area contributed by atoms with E-state index in [0.717, 1.165) is 17.3 Å². The maximum absolute atomic E-state index is 13.3. The number of nitrogens with one attached hydrogen (secondary N) is 1. The minimum atomic E-state index is -0.349. The highest BCUT2D eigenvalue weighted by Crippen LogP contribution is 2.26. The number of halogens is 1. The van der Waals surface area contributed by atoms with Crippen molar-refractivity contribution in [1.29, 1.82) is 0 Å². The topological polar surface area (TPSA) is 82.5 Å². The summed E-state index contributed by atoms with van der Waals surface area (Å²) in [5.41, 5.74) is 1.67. The van der Waals surface area contributed by atoms with E-state index >= 15 is 0 Å². The van der Waals surface area contributed by atoms with Gasteiger partial charge >= 0.3 is 0 Å². The van der Waals surface area contributed by atoms with Crippen molar-refractivity contribution in [1.82, 2.24) is 9.55 Å². The van der Waals surface area contributed by atoms with Crippen molar-refractivity contribution < 1.29 is 18.7 Å². The van der Waals surface area contributed by atoms with Crippen LogP contribution in [0.2, 0.25) is 0 Å². The lowest BCUT2D eigenvalue weighted by molar-refractivity contribution is -0.113. The quantitative estimate of drug-likeness (QED) is 0.294. The van der Waals surface area contributed by atoms with Crippen LogP contribution >= 0.6 is 23.1 Å². The molecule has 1 N–H and O–H groups in total. The van der Waals surface area contributed by atoms with Crippen molar-refractivity contribution in [2.75, 3.05) is 25.3 Å². The van der Waals surface area contributed by atoms with E-state index < -0.39 is 0 Å². The van der Waals surface area contributed by atoms with Crippen LogP contribution in [0, 0.1) is 5.82 Å². The van der Waals surface area contributed by atoms with Crippen LogP contribution < -0.4 is 20.3 Å². The highest BCUT2D eigenvalue weighted by molar-refractivity contribution is 7.99. The van der Waals surface area contributed by atoms with Crippen LogP contribution in [0.4, 0.5) is 10.1 Å². The SMILES string of the molecule is COc1cc(NC(=O)CSc2nc3ccsc3c(=O)n2Cc2ccc(F)cc2)cc(OC)c1. The van der Waals surface area contributed by atoms with E-state index in [4.69, 9.17) is 9.47 Å². The molecule has 0 aliphatic rings. The van der Waals surface area contributed by atoms with Crippen molar-refractivity contribution in [3.63, 3.8) is 0 Å². The van der Waals surface area contributed by atoms with Gasteiger partial charge in [-0.25, -0.2) is 9.37 Å². The molecular formula is C23H20FN3O4S2. The number of methoxy groups -OCH3 is 2. The molecule has 0 unspecified atom stereocenters. The number of thioether (sulfide) groups is 1. The molecule has 4 rings (SSSR count). The number of carbonyl (C=O) groups is 1. The molecule has 0 spiro atoms. The zero-order valence-corrected chi connectivity index (χ0v) is 19.5. The van der Waals surface area contributed by atoms with Gasteiger partial charge in [-0.1, -0.05) is 23.9 Å². The highest BCUT2D eigenvalue weighted by Gasteiger charge is 2.15. The number of ether oxygens (including phenoxy) is 2. The van der Waals surface area contributed by atoms with Gasteiger partial charge in [0.25, 0.3) is 5.56 Å². The largest absolute Gasteiger partial charge is 0.497 e. The molecule has 0 saturated carbocycles. The summed E-state index contributed by atoms with van der Waals surface area (Å²) in [6, 6.07) is 12.8. The van der Waals surface area contributed by atoms with Gasteiger partial charge in [-0.3, -0.25) is 14.2 Å². The summed E-state index contributed by atoms with van der Waals surface area (Å²) in [7, 11) is 3.06. The molecule has 1 amide bonds. The van der Waals surface area contributed by atoms with Gasteiger partial charge < -0.3 is 14.8 Å². The van der Waals surface area contributed by atoms with Crippen molar-refractivity contribution in [3.05, 3.63) is 75.6 Å². The first-order valence-corrected chi connectivity index (χ1v) is 11.7.